The number of nitrogens with zero attached hydrogens (tertiary/aromatic N) is 3. The molecule has 6 nitrogen and oxygen atoms in total. The summed E-state index contributed by atoms with van der Waals surface area (Å²) in [6.07, 6.45) is 6.52. The van der Waals surface area contributed by atoms with Crippen molar-refractivity contribution in [3.05, 3.63) is 53.9 Å². The minimum absolute atomic E-state index is 0.149. The summed E-state index contributed by atoms with van der Waals surface area (Å²) in [6.45, 7) is 0.602. The van der Waals surface area contributed by atoms with Gasteiger partial charge in [-0.15, -0.1) is 11.6 Å². The van der Waals surface area contributed by atoms with Gasteiger partial charge in [-0.2, -0.15) is 5.10 Å². The van der Waals surface area contributed by atoms with Crippen molar-refractivity contribution >= 4 is 33.5 Å². The topological polar surface area (TPSA) is 72.3 Å². The average Bonchev–Trinajstić information content (AvgIpc) is 3.00. The number of sulfonamides is 1. The summed E-state index contributed by atoms with van der Waals surface area (Å²) in [5, 5.41) is 4.11. The zero-order valence-corrected chi connectivity index (χ0v) is 15.0. The molecular formula is C16H18ClN3O3S. The van der Waals surface area contributed by atoms with Crippen LogP contribution in [0, 0.1) is 0 Å². The zero-order chi connectivity index (χ0) is 17.7. The lowest BCUT2D eigenvalue weighted by Crippen LogP contribution is -2.22. The SMILES string of the molecule is CN(C)S(=O)(=O)c1ccc(C(=O)C=Cc2cnn(CCCl)c2)cc1. The third kappa shape index (κ3) is 4.31. The number of carbonyl (C=O) groups is 1. The van der Waals surface area contributed by atoms with Gasteiger partial charge < -0.3 is 0 Å². The smallest absolute Gasteiger partial charge is 0.242 e. The Bertz CT molecular complexity index is 840. The van der Waals surface area contributed by atoms with Crippen molar-refractivity contribution in [2.75, 3.05) is 20.0 Å². The van der Waals surface area contributed by atoms with Gasteiger partial charge in [0.2, 0.25) is 10.0 Å². The summed E-state index contributed by atoms with van der Waals surface area (Å²) in [5.41, 5.74) is 1.21. The van der Waals surface area contributed by atoms with Gasteiger partial charge in [0, 0.05) is 37.3 Å². The number of allylic oxidation sites excluding steroid dienone is 1. The van der Waals surface area contributed by atoms with E-state index in [4.69, 9.17) is 11.6 Å². The second-order valence-electron chi connectivity index (χ2n) is 5.24. The minimum Gasteiger partial charge on any atom is -0.289 e. The maximum atomic E-state index is 12.2. The van der Waals surface area contributed by atoms with Crippen LogP contribution in [0.2, 0.25) is 0 Å². The second kappa shape index (κ2) is 7.74. The van der Waals surface area contributed by atoms with Crippen LogP contribution in [0.25, 0.3) is 6.08 Å². The maximum Gasteiger partial charge on any atom is 0.242 e. The first kappa shape index (κ1) is 18.4. The quantitative estimate of drug-likeness (QED) is 0.427. The average molecular weight is 368 g/mol. The molecule has 0 unspecified atom stereocenters. The lowest BCUT2D eigenvalue weighted by atomic mass is 10.1. The lowest BCUT2D eigenvalue weighted by Gasteiger charge is -2.11. The van der Waals surface area contributed by atoms with Crippen LogP contribution in [0.5, 0.6) is 0 Å². The summed E-state index contributed by atoms with van der Waals surface area (Å²) in [6, 6.07) is 5.85. The molecular weight excluding hydrogens is 350 g/mol. The van der Waals surface area contributed by atoms with Crippen molar-refractivity contribution < 1.29 is 13.2 Å². The third-order valence-corrected chi connectivity index (χ3v) is 5.31. The first-order valence-electron chi connectivity index (χ1n) is 7.18. The lowest BCUT2D eigenvalue weighted by molar-refractivity contribution is 0.104. The molecule has 0 bridgehead atoms. The summed E-state index contributed by atoms with van der Waals surface area (Å²) in [7, 11) is -0.575. The van der Waals surface area contributed by atoms with E-state index in [0.29, 0.717) is 18.0 Å². The number of rotatable bonds is 7. The minimum atomic E-state index is -3.50. The molecule has 24 heavy (non-hydrogen) atoms. The van der Waals surface area contributed by atoms with Crippen molar-refractivity contribution in [3.63, 3.8) is 0 Å². The number of aromatic nitrogens is 2. The Balaban J connectivity index is 2.11. The molecule has 128 valence electrons. The standard InChI is InChI=1S/C16H18ClN3O3S/c1-19(2)24(22,23)15-6-4-14(5-7-15)16(21)8-3-13-11-18-20(12-13)10-9-17/h3-8,11-12H,9-10H2,1-2H3. The van der Waals surface area contributed by atoms with Crippen molar-refractivity contribution in [3.8, 4) is 0 Å². The molecule has 0 atom stereocenters. The Morgan fingerprint density at radius 3 is 2.54 bits per heavy atom. The Hall–Kier alpha value is -1.96. The summed E-state index contributed by atoms with van der Waals surface area (Å²) in [5.74, 6) is 0.250. The molecule has 0 aliphatic carbocycles. The van der Waals surface area contributed by atoms with Gasteiger partial charge in [-0.05, 0) is 36.4 Å². The summed E-state index contributed by atoms with van der Waals surface area (Å²) in [4.78, 5) is 12.3. The number of ketones is 1. The van der Waals surface area contributed by atoms with Crippen molar-refractivity contribution in [2.24, 2.45) is 0 Å². The van der Waals surface area contributed by atoms with Crippen LogP contribution in [0.4, 0.5) is 0 Å². The van der Waals surface area contributed by atoms with Gasteiger partial charge in [0.1, 0.15) is 0 Å². The van der Waals surface area contributed by atoms with Crippen LogP contribution in [0.15, 0.2) is 47.6 Å². The van der Waals surface area contributed by atoms with Crippen molar-refractivity contribution in [1.82, 2.24) is 14.1 Å². The van der Waals surface area contributed by atoms with Crippen molar-refractivity contribution in [2.45, 2.75) is 11.4 Å². The molecule has 1 aromatic carbocycles. The molecule has 0 aliphatic rings. The van der Waals surface area contributed by atoms with E-state index in [2.05, 4.69) is 5.10 Å². The predicted molar refractivity (Wildman–Crippen MR) is 93.6 cm³/mol. The number of benzene rings is 1. The van der Waals surface area contributed by atoms with E-state index >= 15 is 0 Å². The molecule has 0 aliphatic heterocycles. The fourth-order valence-electron chi connectivity index (χ4n) is 1.94. The van der Waals surface area contributed by atoms with Crippen LogP contribution < -0.4 is 0 Å². The Labute approximate surface area is 146 Å². The van der Waals surface area contributed by atoms with Crippen LogP contribution in [0.1, 0.15) is 15.9 Å². The second-order valence-corrected chi connectivity index (χ2v) is 7.76. The van der Waals surface area contributed by atoms with Gasteiger partial charge >= 0.3 is 0 Å². The van der Waals surface area contributed by atoms with E-state index < -0.39 is 10.0 Å². The van der Waals surface area contributed by atoms with Gasteiger partial charge in [0.25, 0.3) is 0 Å². The van der Waals surface area contributed by atoms with E-state index in [0.717, 1.165) is 9.87 Å². The monoisotopic (exact) mass is 367 g/mol. The van der Waals surface area contributed by atoms with Gasteiger partial charge in [-0.1, -0.05) is 0 Å². The molecule has 0 saturated carbocycles. The highest BCUT2D eigenvalue weighted by Gasteiger charge is 2.17. The van der Waals surface area contributed by atoms with Gasteiger partial charge in [0.05, 0.1) is 17.6 Å². The molecule has 1 heterocycles. The third-order valence-electron chi connectivity index (χ3n) is 3.31. The van der Waals surface area contributed by atoms with Crippen molar-refractivity contribution in [1.29, 1.82) is 0 Å². The molecule has 0 amide bonds. The van der Waals surface area contributed by atoms with Crippen LogP contribution >= 0.6 is 11.6 Å². The number of alkyl halides is 1. The number of hydrogen-bond acceptors (Lipinski definition) is 4. The number of carbonyl (C=O) groups excluding carboxylic acids is 1. The molecule has 2 rings (SSSR count). The number of hydrogen-bond donors (Lipinski definition) is 0. The normalized spacial score (nSPS) is 12.2. The highest BCUT2D eigenvalue weighted by atomic mass is 35.5. The largest absolute Gasteiger partial charge is 0.289 e. The Morgan fingerprint density at radius 2 is 1.96 bits per heavy atom. The van der Waals surface area contributed by atoms with Gasteiger partial charge in [-0.3, -0.25) is 9.48 Å². The fourth-order valence-corrected chi connectivity index (χ4v) is 3.02. The van der Waals surface area contributed by atoms with Gasteiger partial charge in [-0.25, -0.2) is 12.7 Å². The van der Waals surface area contributed by atoms with E-state index in [1.54, 1.807) is 23.2 Å². The van der Waals surface area contributed by atoms with E-state index in [-0.39, 0.29) is 10.7 Å². The highest BCUT2D eigenvalue weighted by molar-refractivity contribution is 7.89. The molecule has 0 radical (unpaired) electrons. The molecule has 2 aromatic rings. The van der Waals surface area contributed by atoms with Gasteiger partial charge in [0.15, 0.2) is 5.78 Å². The Morgan fingerprint density at radius 1 is 1.29 bits per heavy atom. The van der Waals surface area contributed by atoms with Crippen LogP contribution in [-0.4, -0.2) is 48.3 Å². The maximum absolute atomic E-state index is 12.2. The molecule has 0 spiro atoms. The summed E-state index contributed by atoms with van der Waals surface area (Å²) >= 11 is 5.64. The molecule has 8 heteroatoms. The molecule has 1 aromatic heterocycles. The number of aryl methyl sites for hydroxylation is 1. The van der Waals surface area contributed by atoms with Crippen LogP contribution in [0.3, 0.4) is 0 Å². The predicted octanol–water partition coefficient (Wildman–Crippen LogP) is 2.27. The molecule has 0 saturated heterocycles. The van der Waals surface area contributed by atoms with E-state index in [1.807, 2.05) is 0 Å². The van der Waals surface area contributed by atoms with E-state index in [1.165, 1.54) is 44.4 Å². The molecule has 0 N–H and O–H groups in total. The zero-order valence-electron chi connectivity index (χ0n) is 13.4. The fraction of sp³-hybridized carbons (Fsp3) is 0.250. The first-order valence-corrected chi connectivity index (χ1v) is 9.15. The van der Waals surface area contributed by atoms with E-state index in [9.17, 15) is 13.2 Å². The Kier molecular flexibility index (Phi) is 5.93. The first-order chi connectivity index (χ1) is 11.3. The highest BCUT2D eigenvalue weighted by Crippen LogP contribution is 2.15. The summed E-state index contributed by atoms with van der Waals surface area (Å²) < 4.78 is 26.8. The molecule has 0 fully saturated rings. The number of halogens is 1. The van der Waals surface area contributed by atoms with Crippen LogP contribution in [-0.2, 0) is 16.6 Å².